The predicted octanol–water partition coefficient (Wildman–Crippen LogP) is 0.926. The number of benzene rings is 1. The minimum absolute atomic E-state index is 0.170. The van der Waals surface area contributed by atoms with E-state index in [1.165, 1.54) is 6.33 Å². The standard InChI is InChI=1S/C10H9N5O2/c11-9-12-4-13-10(15-9)14-6-1-2-7-8(3-6)17-5-16-7/h1-4H,5H2,(H3,11,12,13,14,15). The minimum atomic E-state index is 0.170. The summed E-state index contributed by atoms with van der Waals surface area (Å²) in [5, 5.41) is 3.00. The van der Waals surface area contributed by atoms with Crippen LogP contribution in [0.5, 0.6) is 11.5 Å². The number of anilines is 3. The molecule has 2 heterocycles. The molecule has 0 bridgehead atoms. The van der Waals surface area contributed by atoms with Gasteiger partial charge in [0.05, 0.1) is 0 Å². The van der Waals surface area contributed by atoms with Gasteiger partial charge in [-0.05, 0) is 12.1 Å². The molecule has 1 aromatic carbocycles. The molecule has 0 saturated carbocycles. The number of hydrogen-bond acceptors (Lipinski definition) is 7. The van der Waals surface area contributed by atoms with Gasteiger partial charge in [0.25, 0.3) is 0 Å². The average Bonchev–Trinajstić information content (AvgIpc) is 2.76. The third-order valence-electron chi connectivity index (χ3n) is 2.22. The van der Waals surface area contributed by atoms with E-state index in [4.69, 9.17) is 15.2 Å². The Kier molecular flexibility index (Phi) is 2.14. The number of nitrogens with one attached hydrogen (secondary N) is 1. The van der Waals surface area contributed by atoms with Gasteiger partial charge in [0, 0.05) is 11.8 Å². The van der Waals surface area contributed by atoms with Crippen molar-refractivity contribution in [2.75, 3.05) is 17.8 Å². The first-order valence-corrected chi connectivity index (χ1v) is 4.92. The van der Waals surface area contributed by atoms with E-state index in [2.05, 4.69) is 20.3 Å². The van der Waals surface area contributed by atoms with Crippen molar-refractivity contribution in [2.24, 2.45) is 0 Å². The molecule has 0 spiro atoms. The fourth-order valence-corrected chi connectivity index (χ4v) is 1.47. The van der Waals surface area contributed by atoms with Gasteiger partial charge < -0.3 is 20.5 Å². The summed E-state index contributed by atoms with van der Waals surface area (Å²) in [6.07, 6.45) is 1.34. The summed E-state index contributed by atoms with van der Waals surface area (Å²) in [7, 11) is 0. The van der Waals surface area contributed by atoms with Crippen LogP contribution in [0, 0.1) is 0 Å². The molecule has 0 amide bonds. The van der Waals surface area contributed by atoms with Crippen LogP contribution in [0.15, 0.2) is 24.5 Å². The van der Waals surface area contributed by atoms with E-state index in [1.54, 1.807) is 0 Å². The Hall–Kier alpha value is -2.57. The van der Waals surface area contributed by atoms with Crippen LogP contribution in [-0.4, -0.2) is 21.7 Å². The van der Waals surface area contributed by atoms with Crippen LogP contribution in [0.3, 0.4) is 0 Å². The lowest BCUT2D eigenvalue weighted by Crippen LogP contribution is -2.01. The maximum atomic E-state index is 5.46. The van der Waals surface area contributed by atoms with Crippen molar-refractivity contribution in [2.45, 2.75) is 0 Å². The van der Waals surface area contributed by atoms with Gasteiger partial charge in [-0.2, -0.15) is 4.98 Å². The molecule has 0 radical (unpaired) electrons. The summed E-state index contributed by atoms with van der Waals surface area (Å²) in [6.45, 7) is 0.248. The molecule has 1 aromatic heterocycles. The van der Waals surface area contributed by atoms with Crippen molar-refractivity contribution in [1.29, 1.82) is 0 Å². The minimum Gasteiger partial charge on any atom is -0.454 e. The highest BCUT2D eigenvalue weighted by molar-refractivity contribution is 5.60. The number of nitrogens with two attached hydrogens (primary N) is 1. The van der Waals surface area contributed by atoms with Crippen molar-refractivity contribution in [3.8, 4) is 11.5 Å². The maximum absolute atomic E-state index is 5.46. The summed E-state index contributed by atoms with van der Waals surface area (Å²) < 4.78 is 10.5. The van der Waals surface area contributed by atoms with E-state index in [-0.39, 0.29) is 12.7 Å². The Bertz CT molecular complexity index is 560. The number of aromatic nitrogens is 3. The lowest BCUT2D eigenvalue weighted by atomic mass is 10.3. The lowest BCUT2D eigenvalue weighted by Gasteiger charge is -2.05. The first-order valence-electron chi connectivity index (χ1n) is 4.92. The number of fused-ring (bicyclic) bond motifs is 1. The summed E-state index contributed by atoms with van der Waals surface area (Å²) in [5.74, 6) is 1.97. The molecule has 0 atom stereocenters. The quantitative estimate of drug-likeness (QED) is 0.793. The van der Waals surface area contributed by atoms with Crippen LogP contribution < -0.4 is 20.5 Å². The molecular weight excluding hydrogens is 222 g/mol. The Morgan fingerprint density at radius 1 is 1.18 bits per heavy atom. The molecule has 0 unspecified atom stereocenters. The molecule has 3 N–H and O–H groups in total. The monoisotopic (exact) mass is 231 g/mol. The third kappa shape index (κ3) is 1.89. The predicted molar refractivity (Wildman–Crippen MR) is 60.1 cm³/mol. The largest absolute Gasteiger partial charge is 0.454 e. The maximum Gasteiger partial charge on any atom is 0.231 e. The SMILES string of the molecule is Nc1ncnc(Nc2ccc3c(c2)OCO3)n1. The molecule has 86 valence electrons. The van der Waals surface area contributed by atoms with E-state index in [0.717, 1.165) is 11.4 Å². The van der Waals surface area contributed by atoms with Gasteiger partial charge in [-0.1, -0.05) is 0 Å². The second-order valence-electron chi connectivity index (χ2n) is 3.36. The highest BCUT2D eigenvalue weighted by Gasteiger charge is 2.13. The van der Waals surface area contributed by atoms with E-state index >= 15 is 0 Å². The Balaban J connectivity index is 1.86. The van der Waals surface area contributed by atoms with Crippen molar-refractivity contribution in [1.82, 2.24) is 15.0 Å². The van der Waals surface area contributed by atoms with Crippen molar-refractivity contribution < 1.29 is 9.47 Å². The second-order valence-corrected chi connectivity index (χ2v) is 3.36. The zero-order valence-corrected chi connectivity index (χ0v) is 8.75. The Morgan fingerprint density at radius 2 is 2.06 bits per heavy atom. The summed E-state index contributed by atoms with van der Waals surface area (Å²) in [4.78, 5) is 11.6. The van der Waals surface area contributed by atoms with Crippen molar-refractivity contribution in [3.63, 3.8) is 0 Å². The van der Waals surface area contributed by atoms with Gasteiger partial charge in [0.15, 0.2) is 11.5 Å². The Morgan fingerprint density at radius 3 is 2.94 bits per heavy atom. The van der Waals surface area contributed by atoms with E-state index in [9.17, 15) is 0 Å². The smallest absolute Gasteiger partial charge is 0.231 e. The average molecular weight is 231 g/mol. The van der Waals surface area contributed by atoms with Gasteiger partial charge in [-0.25, -0.2) is 9.97 Å². The number of nitrogens with zero attached hydrogens (tertiary/aromatic N) is 3. The zero-order chi connectivity index (χ0) is 11.7. The molecular formula is C10H9N5O2. The zero-order valence-electron chi connectivity index (χ0n) is 8.75. The highest BCUT2D eigenvalue weighted by Crippen LogP contribution is 2.34. The van der Waals surface area contributed by atoms with Crippen LogP contribution >= 0.6 is 0 Å². The highest BCUT2D eigenvalue weighted by atomic mass is 16.7. The molecule has 7 nitrogen and oxygen atoms in total. The van der Waals surface area contributed by atoms with Crippen LogP contribution in [0.25, 0.3) is 0 Å². The van der Waals surface area contributed by atoms with E-state index < -0.39 is 0 Å². The van der Waals surface area contributed by atoms with E-state index in [0.29, 0.717) is 11.7 Å². The van der Waals surface area contributed by atoms with Gasteiger partial charge >= 0.3 is 0 Å². The fourth-order valence-electron chi connectivity index (χ4n) is 1.47. The fraction of sp³-hybridized carbons (Fsp3) is 0.100. The van der Waals surface area contributed by atoms with Crippen molar-refractivity contribution >= 4 is 17.6 Å². The Labute approximate surface area is 96.6 Å². The lowest BCUT2D eigenvalue weighted by molar-refractivity contribution is 0.174. The summed E-state index contributed by atoms with van der Waals surface area (Å²) in [6, 6.07) is 5.46. The van der Waals surface area contributed by atoms with Gasteiger partial charge in [-0.3, -0.25) is 0 Å². The number of rotatable bonds is 2. The molecule has 17 heavy (non-hydrogen) atoms. The molecule has 0 aliphatic carbocycles. The van der Waals surface area contributed by atoms with Crippen LogP contribution in [0.4, 0.5) is 17.6 Å². The molecule has 7 heteroatoms. The van der Waals surface area contributed by atoms with Crippen LogP contribution in [-0.2, 0) is 0 Å². The van der Waals surface area contributed by atoms with Crippen molar-refractivity contribution in [3.05, 3.63) is 24.5 Å². The molecule has 0 fully saturated rings. The number of nitrogen functional groups attached to an aromatic ring is 1. The molecule has 0 saturated heterocycles. The summed E-state index contributed by atoms with van der Waals surface area (Å²) in [5.41, 5.74) is 6.25. The number of hydrogen-bond donors (Lipinski definition) is 2. The normalized spacial score (nSPS) is 12.5. The topological polar surface area (TPSA) is 95.2 Å². The second kappa shape index (κ2) is 3.78. The molecule has 1 aliphatic heterocycles. The van der Waals surface area contributed by atoms with Crippen LogP contribution in [0.2, 0.25) is 0 Å². The van der Waals surface area contributed by atoms with Gasteiger partial charge in [-0.15, -0.1) is 0 Å². The number of ether oxygens (including phenoxy) is 2. The third-order valence-corrected chi connectivity index (χ3v) is 2.22. The molecule has 2 aromatic rings. The van der Waals surface area contributed by atoms with E-state index in [1.807, 2.05) is 18.2 Å². The first kappa shape index (κ1) is 9.64. The van der Waals surface area contributed by atoms with Gasteiger partial charge in [0.1, 0.15) is 6.33 Å². The molecule has 1 aliphatic rings. The summed E-state index contributed by atoms with van der Waals surface area (Å²) >= 11 is 0. The van der Waals surface area contributed by atoms with Crippen LogP contribution in [0.1, 0.15) is 0 Å². The molecule has 3 rings (SSSR count). The first-order chi connectivity index (χ1) is 8.31. The van der Waals surface area contributed by atoms with Gasteiger partial charge in [0.2, 0.25) is 18.7 Å².